The summed E-state index contributed by atoms with van der Waals surface area (Å²) in [5.74, 6) is 0.886. The third-order valence-electron chi connectivity index (χ3n) is 4.67. The molecule has 25 heavy (non-hydrogen) atoms. The van der Waals surface area contributed by atoms with E-state index in [1.165, 1.54) is 11.1 Å². The highest BCUT2D eigenvalue weighted by Gasteiger charge is 2.24. The van der Waals surface area contributed by atoms with Crippen molar-refractivity contribution < 1.29 is 0 Å². The second-order valence-corrected chi connectivity index (χ2v) is 6.22. The molecule has 0 amide bonds. The number of nitrogens with one attached hydrogen (secondary N) is 1. The second kappa shape index (κ2) is 5.64. The number of anilines is 1. The molecule has 120 valence electrons. The van der Waals surface area contributed by atoms with Crippen molar-refractivity contribution >= 4 is 22.7 Å². The number of aromatic nitrogens is 2. The minimum Gasteiger partial charge on any atom is -0.325 e. The Hall–Kier alpha value is -3.33. The molecule has 4 aromatic rings. The first-order chi connectivity index (χ1) is 12.4. The van der Waals surface area contributed by atoms with Crippen LogP contribution in [0.5, 0.6) is 0 Å². The van der Waals surface area contributed by atoms with Crippen molar-refractivity contribution in [3.05, 3.63) is 102 Å². The van der Waals surface area contributed by atoms with Crippen LogP contribution in [-0.2, 0) is 0 Å². The van der Waals surface area contributed by atoms with E-state index in [2.05, 4.69) is 88.8 Å². The molecule has 0 unspecified atom stereocenters. The Balaban J connectivity index is 1.74. The monoisotopic (exact) mass is 323 g/mol. The molecule has 0 spiro atoms. The van der Waals surface area contributed by atoms with Gasteiger partial charge in [-0.15, -0.1) is 0 Å². The van der Waals surface area contributed by atoms with E-state index in [-0.39, 0.29) is 6.04 Å². The van der Waals surface area contributed by atoms with Crippen LogP contribution in [0.15, 0.2) is 91.0 Å². The third-order valence-corrected chi connectivity index (χ3v) is 4.67. The van der Waals surface area contributed by atoms with Crippen LogP contribution in [0.3, 0.4) is 0 Å². The zero-order valence-corrected chi connectivity index (χ0v) is 13.6. The van der Waals surface area contributed by atoms with Crippen LogP contribution < -0.4 is 5.32 Å². The summed E-state index contributed by atoms with van der Waals surface area (Å²) in [5.41, 5.74) is 5.66. The molecule has 3 nitrogen and oxygen atoms in total. The van der Waals surface area contributed by atoms with E-state index in [9.17, 15) is 0 Å². The number of hydrogen-bond donors (Lipinski definition) is 1. The Morgan fingerprint density at radius 1 is 0.760 bits per heavy atom. The Morgan fingerprint density at radius 2 is 1.44 bits per heavy atom. The molecule has 1 atom stereocenters. The fourth-order valence-electron chi connectivity index (χ4n) is 3.49. The molecule has 0 saturated heterocycles. The number of imidazole rings is 1. The normalized spacial score (nSPS) is 16.2. The Bertz CT molecular complexity index is 1060. The van der Waals surface area contributed by atoms with E-state index in [0.29, 0.717) is 0 Å². The predicted octanol–water partition coefficient (Wildman–Crippen LogP) is 5.09. The van der Waals surface area contributed by atoms with Crippen molar-refractivity contribution in [3.63, 3.8) is 0 Å². The van der Waals surface area contributed by atoms with Gasteiger partial charge in [0.25, 0.3) is 0 Å². The Morgan fingerprint density at radius 3 is 2.24 bits per heavy atom. The van der Waals surface area contributed by atoms with Crippen LogP contribution in [0.25, 0.3) is 16.7 Å². The number of benzene rings is 3. The summed E-state index contributed by atoms with van der Waals surface area (Å²) < 4.78 is 2.27. The average Bonchev–Trinajstić information content (AvgIpc) is 3.07. The minimum atomic E-state index is 0.111. The topological polar surface area (TPSA) is 29.9 Å². The zero-order valence-electron chi connectivity index (χ0n) is 13.6. The van der Waals surface area contributed by atoms with Crippen LogP contribution in [0, 0.1) is 0 Å². The SMILES string of the molecule is C1=C(c2ccccc2)Nc2nc3ccccc3n2[C@H]1c1ccccc1. The van der Waals surface area contributed by atoms with Gasteiger partial charge in [0.2, 0.25) is 5.95 Å². The summed E-state index contributed by atoms with van der Waals surface area (Å²) >= 11 is 0. The van der Waals surface area contributed by atoms with E-state index in [0.717, 1.165) is 22.7 Å². The van der Waals surface area contributed by atoms with Gasteiger partial charge < -0.3 is 5.32 Å². The molecule has 1 aromatic heterocycles. The van der Waals surface area contributed by atoms with Crippen molar-refractivity contribution in [1.82, 2.24) is 9.55 Å². The molecule has 0 saturated carbocycles. The average molecular weight is 323 g/mol. The molecular weight excluding hydrogens is 306 g/mol. The second-order valence-electron chi connectivity index (χ2n) is 6.22. The van der Waals surface area contributed by atoms with Gasteiger partial charge in [-0.2, -0.15) is 0 Å². The smallest absolute Gasteiger partial charge is 0.209 e. The number of rotatable bonds is 2. The van der Waals surface area contributed by atoms with Gasteiger partial charge in [-0.25, -0.2) is 4.98 Å². The van der Waals surface area contributed by atoms with E-state index < -0.39 is 0 Å². The van der Waals surface area contributed by atoms with Crippen LogP contribution in [-0.4, -0.2) is 9.55 Å². The molecule has 2 heterocycles. The quantitative estimate of drug-likeness (QED) is 0.557. The highest BCUT2D eigenvalue weighted by atomic mass is 15.2. The van der Waals surface area contributed by atoms with Crippen molar-refractivity contribution in [1.29, 1.82) is 0 Å². The van der Waals surface area contributed by atoms with Gasteiger partial charge in [0, 0.05) is 5.70 Å². The summed E-state index contributed by atoms with van der Waals surface area (Å²) in [6, 6.07) is 29.4. The third kappa shape index (κ3) is 2.32. The van der Waals surface area contributed by atoms with E-state index in [1.54, 1.807) is 0 Å². The van der Waals surface area contributed by atoms with Crippen molar-refractivity contribution in [2.24, 2.45) is 0 Å². The van der Waals surface area contributed by atoms with E-state index >= 15 is 0 Å². The molecule has 1 aliphatic heterocycles. The summed E-state index contributed by atoms with van der Waals surface area (Å²) in [7, 11) is 0. The molecule has 0 bridgehead atoms. The van der Waals surface area contributed by atoms with Gasteiger partial charge in [0.05, 0.1) is 17.1 Å². The summed E-state index contributed by atoms with van der Waals surface area (Å²) in [6.07, 6.45) is 2.28. The van der Waals surface area contributed by atoms with E-state index in [1.807, 2.05) is 12.1 Å². The molecule has 1 aliphatic rings. The fourth-order valence-corrected chi connectivity index (χ4v) is 3.49. The predicted molar refractivity (Wildman–Crippen MR) is 102 cm³/mol. The summed E-state index contributed by atoms with van der Waals surface area (Å²) in [5, 5.41) is 3.52. The fraction of sp³-hybridized carbons (Fsp3) is 0.0455. The lowest BCUT2D eigenvalue weighted by Gasteiger charge is -2.26. The minimum absolute atomic E-state index is 0.111. The van der Waals surface area contributed by atoms with Crippen molar-refractivity contribution in [3.8, 4) is 0 Å². The molecule has 3 heteroatoms. The van der Waals surface area contributed by atoms with Gasteiger partial charge in [-0.05, 0) is 29.3 Å². The van der Waals surface area contributed by atoms with Crippen LogP contribution in [0.2, 0.25) is 0 Å². The maximum Gasteiger partial charge on any atom is 0.209 e. The largest absolute Gasteiger partial charge is 0.325 e. The zero-order chi connectivity index (χ0) is 16.6. The van der Waals surface area contributed by atoms with Crippen LogP contribution in [0.4, 0.5) is 5.95 Å². The van der Waals surface area contributed by atoms with Gasteiger partial charge in [-0.3, -0.25) is 4.57 Å². The lowest BCUT2D eigenvalue weighted by Crippen LogP contribution is -2.19. The Labute approximate surface area is 146 Å². The van der Waals surface area contributed by atoms with Gasteiger partial charge in [0.1, 0.15) is 0 Å². The van der Waals surface area contributed by atoms with Crippen molar-refractivity contribution in [2.45, 2.75) is 6.04 Å². The number of allylic oxidation sites excluding steroid dienone is 1. The highest BCUT2D eigenvalue weighted by Crippen LogP contribution is 2.36. The summed E-state index contributed by atoms with van der Waals surface area (Å²) in [6.45, 7) is 0. The lowest BCUT2D eigenvalue weighted by molar-refractivity contribution is 0.720. The number of fused-ring (bicyclic) bond motifs is 3. The molecule has 0 radical (unpaired) electrons. The number of para-hydroxylation sites is 2. The van der Waals surface area contributed by atoms with Gasteiger partial charge in [-0.1, -0.05) is 72.8 Å². The highest BCUT2D eigenvalue weighted by molar-refractivity contribution is 5.85. The van der Waals surface area contributed by atoms with Gasteiger partial charge in [0.15, 0.2) is 0 Å². The van der Waals surface area contributed by atoms with Crippen LogP contribution >= 0.6 is 0 Å². The standard InChI is InChI=1S/C22H17N3/c1-3-9-16(10-4-1)19-15-21(17-11-5-2-6-12-17)25-20-14-8-7-13-18(20)23-22(25)24-19/h1-15,21H,(H,23,24)/t21-/m1/s1. The molecule has 3 aromatic carbocycles. The maximum atomic E-state index is 4.82. The first-order valence-corrected chi connectivity index (χ1v) is 8.46. The molecule has 1 N–H and O–H groups in total. The van der Waals surface area contributed by atoms with Crippen molar-refractivity contribution in [2.75, 3.05) is 5.32 Å². The lowest BCUT2D eigenvalue weighted by atomic mass is 10.0. The first-order valence-electron chi connectivity index (χ1n) is 8.46. The number of nitrogens with zero attached hydrogens (tertiary/aromatic N) is 2. The number of hydrogen-bond acceptors (Lipinski definition) is 2. The Kier molecular flexibility index (Phi) is 3.17. The summed E-state index contributed by atoms with van der Waals surface area (Å²) in [4.78, 5) is 4.82. The molecule has 0 aliphatic carbocycles. The maximum absolute atomic E-state index is 4.82. The van der Waals surface area contributed by atoms with Gasteiger partial charge >= 0.3 is 0 Å². The first kappa shape index (κ1) is 14.1. The molecular formula is C22H17N3. The van der Waals surface area contributed by atoms with E-state index in [4.69, 9.17) is 4.98 Å². The molecule has 5 rings (SSSR count). The molecule has 0 fully saturated rings. The van der Waals surface area contributed by atoms with Crippen LogP contribution in [0.1, 0.15) is 17.2 Å².